The minimum absolute atomic E-state index is 0.105. The lowest BCUT2D eigenvalue weighted by Crippen LogP contribution is -2.20. The zero-order chi connectivity index (χ0) is 43.7. The molecule has 0 bridgehead atoms. The van der Waals surface area contributed by atoms with E-state index in [9.17, 15) is 44.7 Å². The molecule has 3 N–H and O–H groups in total. The SMILES string of the molecule is CCCCCC(C)c1ccccc1N.CCCCCC(C)c1ccccc1NC(=O)c1c(C(F)(F)F)nn(C)c1F.CCl.Cn1nc(C(F)(F)F)c(C(=O)Cl)c1F. The summed E-state index contributed by atoms with van der Waals surface area (Å²) < 4.78 is 103. The number of nitrogens with zero attached hydrogens (tertiary/aromatic N) is 4. The molecule has 1 amide bonds. The van der Waals surface area contributed by atoms with Crippen LogP contribution in [-0.4, -0.2) is 37.1 Å². The van der Waals surface area contributed by atoms with Gasteiger partial charge in [-0.1, -0.05) is 103 Å². The van der Waals surface area contributed by atoms with Crippen molar-refractivity contribution in [3.8, 4) is 0 Å². The van der Waals surface area contributed by atoms with E-state index in [1.807, 2.05) is 25.1 Å². The van der Waals surface area contributed by atoms with Crippen molar-refractivity contribution in [1.29, 1.82) is 0 Å². The third-order valence-electron chi connectivity index (χ3n) is 8.66. The lowest BCUT2D eigenvalue weighted by molar-refractivity contribution is -0.142. The predicted octanol–water partition coefficient (Wildman–Crippen LogP) is 12.3. The molecule has 0 spiro atoms. The van der Waals surface area contributed by atoms with Crippen LogP contribution in [0.15, 0.2) is 48.5 Å². The second kappa shape index (κ2) is 23.9. The summed E-state index contributed by atoms with van der Waals surface area (Å²) in [6.07, 6.45) is 0.872. The maximum Gasteiger partial charge on any atom is 0.436 e. The Balaban J connectivity index is 0.000000457. The van der Waals surface area contributed by atoms with Crippen molar-refractivity contribution in [3.63, 3.8) is 0 Å². The van der Waals surface area contributed by atoms with Gasteiger partial charge >= 0.3 is 12.4 Å². The molecule has 4 aromatic rings. The third kappa shape index (κ3) is 15.3. The Morgan fingerprint density at radius 3 is 1.54 bits per heavy atom. The zero-order valence-electron chi connectivity index (χ0n) is 32.9. The van der Waals surface area contributed by atoms with Crippen LogP contribution in [0.25, 0.3) is 0 Å². The number of halogens is 10. The predicted molar refractivity (Wildman–Crippen MR) is 209 cm³/mol. The van der Waals surface area contributed by atoms with Crippen LogP contribution in [0.3, 0.4) is 0 Å². The molecule has 0 aliphatic rings. The summed E-state index contributed by atoms with van der Waals surface area (Å²) in [5.74, 6) is -3.19. The van der Waals surface area contributed by atoms with E-state index in [-0.39, 0.29) is 5.92 Å². The van der Waals surface area contributed by atoms with E-state index in [0.29, 0.717) is 21.0 Å². The van der Waals surface area contributed by atoms with Crippen LogP contribution in [0, 0.1) is 11.9 Å². The standard InChI is InChI=1S/C19H23F4N3O.C13H21N.C6H3ClF4N2O.CH3Cl/c1-4-5-6-9-12(2)13-10-7-8-11-14(13)24-18(27)15-16(19(21,22)23)25-26(3)17(15)20;1-3-4-5-8-11(2)12-9-6-7-10-13(12)14;1-13-5(8)2(4(7)14)3(12-13)6(9,10)11;1-2/h7-8,10-12H,4-6,9H2,1-3H3,(H,24,27);6-7,9-11H,3-5,8,14H2,1-2H3;1H3;1H3. The second-order valence-corrected chi connectivity index (χ2v) is 13.4. The first-order chi connectivity index (χ1) is 26.7. The topological polar surface area (TPSA) is 108 Å². The van der Waals surface area contributed by atoms with Gasteiger partial charge in [0.15, 0.2) is 11.4 Å². The fourth-order valence-corrected chi connectivity index (χ4v) is 5.84. The molecule has 2 heterocycles. The van der Waals surface area contributed by atoms with Crippen molar-refractivity contribution in [2.75, 3.05) is 17.4 Å². The van der Waals surface area contributed by atoms with E-state index in [2.05, 4.69) is 60.0 Å². The first-order valence-electron chi connectivity index (χ1n) is 18.1. The molecule has 4 rings (SSSR count). The molecule has 0 aliphatic carbocycles. The van der Waals surface area contributed by atoms with Crippen molar-refractivity contribution >= 4 is 45.7 Å². The molecule has 2 aromatic heterocycles. The van der Waals surface area contributed by atoms with Crippen LogP contribution in [0.4, 0.5) is 46.5 Å². The Morgan fingerprint density at radius 1 is 0.719 bits per heavy atom. The number of carbonyl (C=O) groups is 2. The van der Waals surface area contributed by atoms with Crippen molar-refractivity contribution in [2.45, 2.75) is 103 Å². The molecule has 0 saturated carbocycles. The molecule has 2 atom stereocenters. The zero-order valence-corrected chi connectivity index (χ0v) is 34.4. The van der Waals surface area contributed by atoms with Crippen LogP contribution in [-0.2, 0) is 26.4 Å². The number of nitrogen functional groups attached to an aromatic ring is 1. The van der Waals surface area contributed by atoms with Crippen LogP contribution in [0.2, 0.25) is 0 Å². The number of para-hydroxylation sites is 2. The number of benzene rings is 2. The van der Waals surface area contributed by atoms with E-state index in [1.54, 1.807) is 18.2 Å². The number of hydrogen-bond acceptors (Lipinski definition) is 5. The number of unbranched alkanes of at least 4 members (excludes halogenated alkanes) is 4. The van der Waals surface area contributed by atoms with Crippen molar-refractivity contribution in [1.82, 2.24) is 19.6 Å². The smallest absolute Gasteiger partial charge is 0.398 e. The Hall–Kier alpha value is -4.18. The highest BCUT2D eigenvalue weighted by Crippen LogP contribution is 2.35. The molecule has 0 fully saturated rings. The van der Waals surface area contributed by atoms with E-state index in [1.165, 1.54) is 37.6 Å². The second-order valence-electron chi connectivity index (χ2n) is 13.0. The van der Waals surface area contributed by atoms with Gasteiger partial charge in [-0.05, 0) is 59.5 Å². The molecule has 0 saturated heterocycles. The molecule has 2 aromatic carbocycles. The lowest BCUT2D eigenvalue weighted by atomic mass is 9.93. The first kappa shape index (κ1) is 50.8. The van der Waals surface area contributed by atoms with Gasteiger partial charge in [-0.25, -0.2) is 9.36 Å². The molecule has 8 nitrogen and oxygen atoms in total. The van der Waals surface area contributed by atoms with Gasteiger partial charge < -0.3 is 11.1 Å². The highest BCUT2D eigenvalue weighted by atomic mass is 35.5. The fraction of sp³-hybridized carbons (Fsp3) is 0.487. The normalized spacial score (nSPS) is 12.2. The molecule has 2 unspecified atom stereocenters. The number of rotatable bonds is 13. The first-order valence-corrected chi connectivity index (χ1v) is 19.2. The maximum absolute atomic E-state index is 14.1. The highest BCUT2D eigenvalue weighted by Gasteiger charge is 2.42. The number of alkyl halides is 7. The third-order valence-corrected chi connectivity index (χ3v) is 8.85. The van der Waals surface area contributed by atoms with Gasteiger partial charge in [0.1, 0.15) is 11.1 Å². The van der Waals surface area contributed by atoms with Gasteiger partial charge in [0.05, 0.1) is 0 Å². The molecule has 18 heteroatoms. The van der Waals surface area contributed by atoms with E-state index < -0.39 is 57.9 Å². The molecule has 318 valence electrons. The molecule has 0 aliphatic heterocycles. The molecular weight excluding hydrogens is 807 g/mol. The minimum Gasteiger partial charge on any atom is -0.398 e. The number of hydrogen-bond donors (Lipinski definition) is 2. The van der Waals surface area contributed by atoms with Crippen LogP contribution >= 0.6 is 23.2 Å². The number of aromatic nitrogens is 4. The van der Waals surface area contributed by atoms with Crippen LogP contribution in [0.1, 0.15) is 134 Å². The number of nitrogens with two attached hydrogens (primary N) is 1. The lowest BCUT2D eigenvalue weighted by Gasteiger charge is -2.17. The summed E-state index contributed by atoms with van der Waals surface area (Å²) >= 11 is 9.44. The van der Waals surface area contributed by atoms with Gasteiger partial charge in [-0.2, -0.15) is 45.3 Å². The average Bonchev–Trinajstić information content (AvgIpc) is 3.64. The Bertz CT molecular complexity index is 1860. The van der Waals surface area contributed by atoms with Crippen molar-refractivity contribution in [3.05, 3.63) is 94.1 Å². The average molecular weight is 858 g/mol. The molecule has 57 heavy (non-hydrogen) atoms. The highest BCUT2D eigenvalue weighted by molar-refractivity contribution is 6.67. The van der Waals surface area contributed by atoms with E-state index in [0.717, 1.165) is 51.0 Å². The number of amides is 1. The van der Waals surface area contributed by atoms with Gasteiger partial charge in [0.2, 0.25) is 11.9 Å². The number of carbonyl (C=O) groups excluding carboxylic acids is 2. The summed E-state index contributed by atoms with van der Waals surface area (Å²) in [5.41, 5.74) is 3.86. The monoisotopic (exact) mass is 856 g/mol. The summed E-state index contributed by atoms with van der Waals surface area (Å²) in [6, 6.07) is 15.1. The largest absolute Gasteiger partial charge is 0.436 e. The fourth-order valence-electron chi connectivity index (χ4n) is 5.68. The van der Waals surface area contributed by atoms with Crippen LogP contribution in [0.5, 0.6) is 0 Å². The van der Waals surface area contributed by atoms with E-state index >= 15 is 0 Å². The Labute approximate surface area is 338 Å². The Kier molecular flexibility index (Phi) is 21.3. The number of nitrogens with one attached hydrogen (secondary N) is 1. The maximum atomic E-state index is 14.1. The van der Waals surface area contributed by atoms with Gasteiger partial charge in [0.25, 0.3) is 11.1 Å². The van der Waals surface area contributed by atoms with E-state index in [4.69, 9.17) is 17.3 Å². The minimum atomic E-state index is -4.93. The van der Waals surface area contributed by atoms with Gasteiger partial charge in [0, 0.05) is 31.9 Å². The van der Waals surface area contributed by atoms with Gasteiger partial charge in [-0.15, -0.1) is 11.6 Å². The Morgan fingerprint density at radius 2 is 1.12 bits per heavy atom. The summed E-state index contributed by atoms with van der Waals surface area (Å²) in [4.78, 5) is 23.0. The van der Waals surface area contributed by atoms with Crippen LogP contribution < -0.4 is 11.1 Å². The summed E-state index contributed by atoms with van der Waals surface area (Å²) in [6.45, 7) is 8.59. The number of anilines is 2. The summed E-state index contributed by atoms with van der Waals surface area (Å²) in [5, 5.41) is 6.83. The van der Waals surface area contributed by atoms with Crippen molar-refractivity contribution in [2.24, 2.45) is 14.1 Å². The van der Waals surface area contributed by atoms with Crippen molar-refractivity contribution < 1.29 is 44.7 Å². The van der Waals surface area contributed by atoms with Gasteiger partial charge in [-0.3, -0.25) is 9.59 Å². The molecule has 0 radical (unpaired) electrons. The summed E-state index contributed by atoms with van der Waals surface area (Å²) in [7, 11) is 1.96. The number of aryl methyl sites for hydroxylation is 2. The quantitative estimate of drug-likeness (QED) is 0.0458. The molecular formula is C39H50Cl2F8N6O2.